The Morgan fingerprint density at radius 3 is 2.75 bits per heavy atom. The summed E-state index contributed by atoms with van der Waals surface area (Å²) < 4.78 is 11.6. The molecule has 1 aliphatic rings. The van der Waals surface area contributed by atoms with Crippen LogP contribution in [0, 0.1) is 0 Å². The van der Waals surface area contributed by atoms with Gasteiger partial charge >= 0.3 is 0 Å². The van der Waals surface area contributed by atoms with Gasteiger partial charge in [-0.05, 0) is 30.3 Å². The molecule has 0 spiro atoms. The molecule has 1 fully saturated rings. The molecule has 0 saturated carbocycles. The lowest BCUT2D eigenvalue weighted by atomic mass is 10.2. The molecule has 1 aliphatic heterocycles. The molecule has 7 nitrogen and oxygen atoms in total. The van der Waals surface area contributed by atoms with E-state index < -0.39 is 0 Å². The molecule has 0 N–H and O–H groups in total. The molecule has 4 heterocycles. The van der Waals surface area contributed by atoms with Crippen LogP contribution in [0.5, 0.6) is 0 Å². The number of carbonyl (C=O) groups excluding carboxylic acids is 1. The van der Waals surface area contributed by atoms with Crippen molar-refractivity contribution in [2.75, 3.05) is 31.1 Å². The third kappa shape index (κ3) is 3.14. The van der Waals surface area contributed by atoms with Crippen LogP contribution in [0.1, 0.15) is 10.5 Å². The predicted molar refractivity (Wildman–Crippen MR) is 107 cm³/mol. The molecule has 28 heavy (non-hydrogen) atoms. The van der Waals surface area contributed by atoms with Crippen LogP contribution < -0.4 is 4.90 Å². The van der Waals surface area contributed by atoms with Crippen LogP contribution in [0.3, 0.4) is 0 Å². The van der Waals surface area contributed by atoms with E-state index >= 15 is 0 Å². The third-order valence-corrected chi connectivity index (χ3v) is 5.98. The smallest absolute Gasteiger partial charge is 0.276 e. The van der Waals surface area contributed by atoms with E-state index in [1.807, 2.05) is 18.2 Å². The van der Waals surface area contributed by atoms with Crippen molar-refractivity contribution < 1.29 is 13.7 Å². The first-order chi connectivity index (χ1) is 13.7. The highest BCUT2D eigenvalue weighted by Crippen LogP contribution is 2.31. The normalized spacial score (nSPS) is 14.8. The highest BCUT2D eigenvalue weighted by Gasteiger charge is 2.26. The Morgan fingerprint density at radius 1 is 1.11 bits per heavy atom. The number of aromatic nitrogens is 2. The fourth-order valence-electron chi connectivity index (χ4n) is 3.20. The fourth-order valence-corrected chi connectivity index (χ4v) is 4.49. The molecule has 1 aromatic carbocycles. The van der Waals surface area contributed by atoms with Crippen molar-refractivity contribution in [2.24, 2.45) is 0 Å². The number of carbonyl (C=O) groups is 1. The topological polar surface area (TPSA) is 75.6 Å². The van der Waals surface area contributed by atoms with Crippen molar-refractivity contribution in [3.8, 4) is 11.5 Å². The molecule has 0 atom stereocenters. The fraction of sp³-hybridized carbons (Fsp3) is 0.211. The van der Waals surface area contributed by atoms with E-state index in [-0.39, 0.29) is 11.6 Å². The maximum absolute atomic E-state index is 12.7. The first-order valence-corrected chi connectivity index (χ1v) is 9.98. The Kier molecular flexibility index (Phi) is 4.29. The van der Waals surface area contributed by atoms with Gasteiger partial charge in [0.2, 0.25) is 5.76 Å². The summed E-state index contributed by atoms with van der Waals surface area (Å²) in [6.07, 6.45) is 1.55. The molecule has 4 aromatic rings. The van der Waals surface area contributed by atoms with Crippen molar-refractivity contribution in [2.45, 2.75) is 0 Å². The summed E-state index contributed by atoms with van der Waals surface area (Å²) in [5.41, 5.74) is 1.23. The van der Waals surface area contributed by atoms with E-state index in [0.29, 0.717) is 42.7 Å². The van der Waals surface area contributed by atoms with Gasteiger partial charge in [0.25, 0.3) is 5.91 Å². The van der Waals surface area contributed by atoms with Gasteiger partial charge < -0.3 is 18.7 Å². The average Bonchev–Trinajstić information content (AvgIpc) is 3.46. The van der Waals surface area contributed by atoms with Gasteiger partial charge in [-0.2, -0.15) is 0 Å². The van der Waals surface area contributed by atoms with Crippen LogP contribution in [0.25, 0.3) is 21.7 Å². The minimum Gasteiger partial charge on any atom is -0.461 e. The Hall–Kier alpha value is -2.84. The summed E-state index contributed by atoms with van der Waals surface area (Å²) >= 11 is 7.68. The number of furan rings is 1. The maximum Gasteiger partial charge on any atom is 0.276 e. The predicted octanol–water partition coefficient (Wildman–Crippen LogP) is 4.16. The largest absolute Gasteiger partial charge is 0.461 e. The first kappa shape index (κ1) is 17.3. The van der Waals surface area contributed by atoms with E-state index in [4.69, 9.17) is 20.5 Å². The van der Waals surface area contributed by atoms with Crippen LogP contribution in [0.4, 0.5) is 5.13 Å². The monoisotopic (exact) mass is 414 g/mol. The zero-order valence-corrected chi connectivity index (χ0v) is 16.2. The number of anilines is 1. The van der Waals surface area contributed by atoms with E-state index in [9.17, 15) is 4.79 Å². The van der Waals surface area contributed by atoms with Crippen molar-refractivity contribution in [1.82, 2.24) is 15.0 Å². The van der Waals surface area contributed by atoms with E-state index in [0.717, 1.165) is 15.3 Å². The Morgan fingerprint density at radius 2 is 1.96 bits per heavy atom. The summed E-state index contributed by atoms with van der Waals surface area (Å²) in [5.74, 6) is 0.852. The first-order valence-electron chi connectivity index (χ1n) is 8.78. The van der Waals surface area contributed by atoms with Gasteiger partial charge in [-0.3, -0.25) is 4.79 Å². The van der Waals surface area contributed by atoms with E-state index in [2.05, 4.69) is 15.0 Å². The van der Waals surface area contributed by atoms with Crippen LogP contribution in [0.2, 0.25) is 5.02 Å². The molecular weight excluding hydrogens is 400 g/mol. The molecule has 142 valence electrons. The van der Waals surface area contributed by atoms with Gasteiger partial charge in [-0.15, -0.1) is 0 Å². The van der Waals surface area contributed by atoms with Crippen molar-refractivity contribution in [1.29, 1.82) is 0 Å². The molecule has 3 aromatic heterocycles. The lowest BCUT2D eigenvalue weighted by molar-refractivity contribution is 0.0736. The molecule has 0 aliphatic carbocycles. The molecular formula is C19H15ClN4O3S. The number of hydrogen-bond acceptors (Lipinski definition) is 7. The van der Waals surface area contributed by atoms with Gasteiger partial charge in [-0.1, -0.05) is 28.1 Å². The third-order valence-electron chi connectivity index (χ3n) is 4.67. The summed E-state index contributed by atoms with van der Waals surface area (Å²) in [6, 6.07) is 10.8. The van der Waals surface area contributed by atoms with Gasteiger partial charge in [-0.25, -0.2) is 4.98 Å². The minimum atomic E-state index is -0.141. The number of amides is 1. The molecule has 9 heteroatoms. The number of thiazole rings is 1. The molecule has 1 amide bonds. The number of piperazine rings is 1. The summed E-state index contributed by atoms with van der Waals surface area (Å²) in [4.78, 5) is 21.4. The second-order valence-electron chi connectivity index (χ2n) is 6.44. The second-order valence-corrected chi connectivity index (χ2v) is 7.89. The number of nitrogens with zero attached hydrogens (tertiary/aromatic N) is 4. The molecule has 0 bridgehead atoms. The quantitative estimate of drug-likeness (QED) is 0.501. The van der Waals surface area contributed by atoms with Crippen LogP contribution in [-0.2, 0) is 0 Å². The zero-order chi connectivity index (χ0) is 19.1. The standard InChI is InChI=1S/C19H15ClN4O3S/c20-12-3-4-13-17(10-12)28-19(21-13)24-7-5-23(6-8-24)18(25)14-11-16(27-22-14)15-2-1-9-26-15/h1-4,9-11H,5-8H2. The number of halogens is 1. The average molecular weight is 415 g/mol. The Bertz CT molecular complexity index is 1130. The van der Waals surface area contributed by atoms with Gasteiger partial charge in [0.1, 0.15) is 0 Å². The van der Waals surface area contributed by atoms with Crippen LogP contribution in [-0.4, -0.2) is 47.1 Å². The summed E-state index contributed by atoms with van der Waals surface area (Å²) in [7, 11) is 0. The van der Waals surface area contributed by atoms with Gasteiger partial charge in [0.15, 0.2) is 16.6 Å². The number of fused-ring (bicyclic) bond motifs is 1. The number of benzene rings is 1. The molecule has 5 rings (SSSR count). The lowest BCUT2D eigenvalue weighted by Crippen LogP contribution is -2.48. The van der Waals surface area contributed by atoms with Crippen molar-refractivity contribution in [3.63, 3.8) is 0 Å². The van der Waals surface area contributed by atoms with E-state index in [1.54, 1.807) is 40.7 Å². The van der Waals surface area contributed by atoms with Crippen molar-refractivity contribution in [3.05, 3.63) is 53.4 Å². The molecule has 1 saturated heterocycles. The second kappa shape index (κ2) is 6.96. The van der Waals surface area contributed by atoms with Gasteiger partial charge in [0, 0.05) is 37.3 Å². The highest BCUT2D eigenvalue weighted by molar-refractivity contribution is 7.22. The number of rotatable bonds is 3. The molecule has 0 unspecified atom stereocenters. The van der Waals surface area contributed by atoms with E-state index in [1.165, 1.54) is 0 Å². The minimum absolute atomic E-state index is 0.141. The number of hydrogen-bond donors (Lipinski definition) is 0. The molecule has 0 radical (unpaired) electrons. The van der Waals surface area contributed by atoms with Gasteiger partial charge in [0.05, 0.1) is 16.5 Å². The highest BCUT2D eigenvalue weighted by atomic mass is 35.5. The zero-order valence-electron chi connectivity index (χ0n) is 14.7. The summed E-state index contributed by atoms with van der Waals surface area (Å²) in [5, 5.41) is 5.56. The Balaban J connectivity index is 1.26. The Labute approximate surface area is 169 Å². The lowest BCUT2D eigenvalue weighted by Gasteiger charge is -2.34. The SMILES string of the molecule is O=C(c1cc(-c2ccco2)on1)N1CCN(c2nc3ccc(Cl)cc3s2)CC1. The van der Waals surface area contributed by atoms with Crippen LogP contribution >= 0.6 is 22.9 Å². The maximum atomic E-state index is 12.7. The van der Waals surface area contributed by atoms with Crippen LogP contribution in [0.15, 0.2) is 51.6 Å². The summed E-state index contributed by atoms with van der Waals surface area (Å²) in [6.45, 7) is 2.61. The van der Waals surface area contributed by atoms with Crippen molar-refractivity contribution >= 4 is 44.2 Å².